The van der Waals surface area contributed by atoms with E-state index in [1.165, 1.54) is 6.07 Å². The molecule has 2 fully saturated rings. The average molecular weight is 518 g/mol. The van der Waals surface area contributed by atoms with Gasteiger partial charge in [-0.1, -0.05) is 59.6 Å². The highest BCUT2D eigenvalue weighted by molar-refractivity contribution is 6.37. The number of amides is 2. The molecule has 0 saturated carbocycles. The number of halogens is 2. The van der Waals surface area contributed by atoms with E-state index in [-0.39, 0.29) is 34.2 Å². The van der Waals surface area contributed by atoms with Crippen LogP contribution in [0.2, 0.25) is 10.0 Å². The molecule has 36 heavy (non-hydrogen) atoms. The van der Waals surface area contributed by atoms with Gasteiger partial charge in [-0.15, -0.1) is 0 Å². The molecule has 2 saturated heterocycles. The van der Waals surface area contributed by atoms with Crippen LogP contribution in [0.3, 0.4) is 0 Å². The fourth-order valence-corrected chi connectivity index (χ4v) is 7.85. The molecule has 0 unspecified atom stereocenters. The molecule has 4 aliphatic rings. The first kappa shape index (κ1) is 22.0. The largest absolute Gasteiger partial charge is 0.325 e. The summed E-state index contributed by atoms with van der Waals surface area (Å²) in [4.78, 5) is 45.2. The lowest BCUT2D eigenvalue weighted by molar-refractivity contribution is -0.128. The maximum absolute atomic E-state index is 14.7. The number of nitrogens with one attached hydrogen (secondary N) is 2. The summed E-state index contributed by atoms with van der Waals surface area (Å²) in [5.74, 6) is -1.92. The second-order valence-corrected chi connectivity index (χ2v) is 10.8. The van der Waals surface area contributed by atoms with E-state index in [1.54, 1.807) is 12.1 Å². The lowest BCUT2D eigenvalue weighted by atomic mass is 9.60. The molecular weight excluding hydrogens is 497 g/mol. The first-order valence-electron chi connectivity index (χ1n) is 12.0. The van der Waals surface area contributed by atoms with Gasteiger partial charge in [-0.05, 0) is 55.3 Å². The minimum atomic E-state index is -1.35. The summed E-state index contributed by atoms with van der Waals surface area (Å²) in [6.45, 7) is 0.599. The highest BCUT2D eigenvalue weighted by Crippen LogP contribution is 2.66. The molecule has 6 nitrogen and oxygen atoms in total. The summed E-state index contributed by atoms with van der Waals surface area (Å²) in [7, 11) is 0. The molecule has 4 aliphatic heterocycles. The fourth-order valence-electron chi connectivity index (χ4n) is 7.35. The van der Waals surface area contributed by atoms with Crippen molar-refractivity contribution in [2.75, 3.05) is 17.2 Å². The molecule has 8 heteroatoms. The fraction of sp³-hybridized carbons (Fsp3) is 0.250. The summed E-state index contributed by atoms with van der Waals surface area (Å²) >= 11 is 12.7. The van der Waals surface area contributed by atoms with Crippen LogP contribution < -0.4 is 10.6 Å². The monoisotopic (exact) mass is 517 g/mol. The van der Waals surface area contributed by atoms with Gasteiger partial charge >= 0.3 is 0 Å². The Labute approximate surface area is 217 Å². The normalized spacial score (nSPS) is 29.8. The summed E-state index contributed by atoms with van der Waals surface area (Å²) in [5.41, 5.74) is 0.452. The maximum Gasteiger partial charge on any atom is 0.250 e. The Morgan fingerprint density at radius 2 is 1.56 bits per heavy atom. The van der Waals surface area contributed by atoms with Crippen LogP contribution in [0, 0.1) is 5.92 Å². The molecule has 0 aliphatic carbocycles. The van der Waals surface area contributed by atoms with Crippen LogP contribution in [-0.4, -0.2) is 35.1 Å². The van der Waals surface area contributed by atoms with Crippen LogP contribution in [0.15, 0.2) is 66.7 Å². The topological polar surface area (TPSA) is 78.5 Å². The van der Waals surface area contributed by atoms with Crippen molar-refractivity contribution in [3.63, 3.8) is 0 Å². The number of anilines is 2. The van der Waals surface area contributed by atoms with E-state index in [0.29, 0.717) is 29.4 Å². The number of hydrogen-bond donors (Lipinski definition) is 2. The second-order valence-electron chi connectivity index (χ2n) is 9.91. The number of rotatable bonds is 2. The Hall–Kier alpha value is -3.19. The molecule has 2 spiro atoms. The van der Waals surface area contributed by atoms with Gasteiger partial charge in [0, 0.05) is 33.6 Å². The van der Waals surface area contributed by atoms with Crippen molar-refractivity contribution in [3.8, 4) is 0 Å². The highest BCUT2D eigenvalue weighted by atomic mass is 35.5. The molecule has 4 atom stereocenters. The zero-order valence-corrected chi connectivity index (χ0v) is 20.6. The number of hydrogen-bond acceptors (Lipinski definition) is 4. The standard InChI is InChI=1S/C28H21Cl2N3O3/c29-15-11-12-16(19(30)14-15)23(34)24-27(17-6-1-3-8-20(17)31-25(27)35)22-10-5-13-33(22)28(24)18-7-2-4-9-21(18)32-26(28)36/h1-4,6-9,11-12,14,22,24H,5,10,13H2,(H,31,35)(H,32,36)/t22-,24-,27+,28-/m1/s1. The third-order valence-electron chi connectivity index (χ3n) is 8.49. The van der Waals surface area contributed by atoms with Gasteiger partial charge in [0.15, 0.2) is 5.78 Å². The van der Waals surface area contributed by atoms with E-state index < -0.39 is 16.9 Å². The van der Waals surface area contributed by atoms with Gasteiger partial charge < -0.3 is 10.6 Å². The molecular formula is C28H21Cl2N3O3. The number of nitrogens with zero attached hydrogens (tertiary/aromatic N) is 1. The predicted octanol–water partition coefficient (Wildman–Crippen LogP) is 5.01. The molecule has 0 bridgehead atoms. The van der Waals surface area contributed by atoms with Gasteiger partial charge in [-0.3, -0.25) is 19.3 Å². The van der Waals surface area contributed by atoms with Crippen LogP contribution in [0.25, 0.3) is 0 Å². The van der Waals surface area contributed by atoms with Crippen molar-refractivity contribution in [2.45, 2.75) is 29.8 Å². The van der Waals surface area contributed by atoms with Gasteiger partial charge in [0.1, 0.15) is 11.0 Å². The van der Waals surface area contributed by atoms with Gasteiger partial charge in [0.2, 0.25) is 11.8 Å². The average Bonchev–Trinajstić information content (AvgIpc) is 3.58. The van der Waals surface area contributed by atoms with Crippen molar-refractivity contribution in [3.05, 3.63) is 93.5 Å². The lowest BCUT2D eigenvalue weighted by Gasteiger charge is -2.38. The summed E-state index contributed by atoms with van der Waals surface area (Å²) in [6.07, 6.45) is 1.51. The first-order valence-corrected chi connectivity index (χ1v) is 12.7. The highest BCUT2D eigenvalue weighted by Gasteiger charge is 2.78. The molecule has 0 aromatic heterocycles. The molecule has 7 rings (SSSR count). The third-order valence-corrected chi connectivity index (χ3v) is 9.04. The number of carbonyl (C=O) groups is 3. The van der Waals surface area contributed by atoms with Crippen molar-refractivity contribution in [1.29, 1.82) is 0 Å². The SMILES string of the molecule is O=C(c1ccc(Cl)cc1Cl)[C@@H]1[C@@]2(C(=O)Nc3ccccc32)[C@H]2CCCN2[C@@]12C(=O)Nc1ccccc12. The Kier molecular flexibility index (Phi) is 4.54. The summed E-state index contributed by atoms with van der Waals surface area (Å²) in [5, 5.41) is 6.67. The lowest BCUT2D eigenvalue weighted by Crippen LogP contribution is -2.55. The minimum absolute atomic E-state index is 0.197. The number of benzene rings is 3. The van der Waals surface area contributed by atoms with E-state index in [4.69, 9.17) is 23.2 Å². The third kappa shape index (κ3) is 2.45. The van der Waals surface area contributed by atoms with Crippen LogP contribution in [0.5, 0.6) is 0 Å². The van der Waals surface area contributed by atoms with Crippen molar-refractivity contribution >= 4 is 52.2 Å². The Balaban J connectivity index is 1.59. The minimum Gasteiger partial charge on any atom is -0.325 e. The van der Waals surface area contributed by atoms with E-state index in [9.17, 15) is 14.4 Å². The molecule has 3 aromatic carbocycles. The zero-order chi connectivity index (χ0) is 24.8. The quantitative estimate of drug-likeness (QED) is 0.468. The molecule has 3 aromatic rings. The Morgan fingerprint density at radius 3 is 2.31 bits per heavy atom. The second kappa shape index (κ2) is 7.42. The number of carbonyl (C=O) groups excluding carboxylic acids is 3. The maximum atomic E-state index is 14.7. The van der Waals surface area contributed by atoms with Gasteiger partial charge in [-0.25, -0.2) is 0 Å². The van der Waals surface area contributed by atoms with Crippen LogP contribution >= 0.6 is 23.2 Å². The molecule has 2 amide bonds. The van der Waals surface area contributed by atoms with Crippen LogP contribution in [0.4, 0.5) is 11.4 Å². The molecule has 2 N–H and O–H groups in total. The van der Waals surface area contributed by atoms with Crippen LogP contribution in [-0.2, 0) is 20.5 Å². The first-order chi connectivity index (χ1) is 17.4. The van der Waals surface area contributed by atoms with E-state index in [1.807, 2.05) is 48.5 Å². The van der Waals surface area contributed by atoms with Crippen molar-refractivity contribution < 1.29 is 14.4 Å². The van der Waals surface area contributed by atoms with Gasteiger partial charge in [0.05, 0.1) is 10.9 Å². The number of para-hydroxylation sites is 2. The van der Waals surface area contributed by atoms with Crippen molar-refractivity contribution in [2.24, 2.45) is 5.92 Å². The summed E-state index contributed by atoms with van der Waals surface area (Å²) < 4.78 is 0. The predicted molar refractivity (Wildman–Crippen MR) is 138 cm³/mol. The van der Waals surface area contributed by atoms with Crippen LogP contribution in [0.1, 0.15) is 34.3 Å². The van der Waals surface area contributed by atoms with Gasteiger partial charge in [0.25, 0.3) is 0 Å². The molecule has 0 radical (unpaired) electrons. The smallest absolute Gasteiger partial charge is 0.250 e. The zero-order valence-electron chi connectivity index (χ0n) is 19.1. The number of Topliss-reactive ketones (excluding diaryl/α,β-unsaturated/α-hetero) is 1. The van der Waals surface area contributed by atoms with E-state index in [2.05, 4.69) is 15.5 Å². The number of fused-ring (bicyclic) bond motifs is 7. The van der Waals surface area contributed by atoms with E-state index >= 15 is 0 Å². The summed E-state index contributed by atoms with van der Waals surface area (Å²) in [6, 6.07) is 19.4. The molecule has 4 heterocycles. The van der Waals surface area contributed by atoms with E-state index in [0.717, 1.165) is 17.5 Å². The Morgan fingerprint density at radius 1 is 0.889 bits per heavy atom. The number of ketones is 1. The van der Waals surface area contributed by atoms with Crippen molar-refractivity contribution in [1.82, 2.24) is 4.90 Å². The Bertz CT molecular complexity index is 1430. The van der Waals surface area contributed by atoms with Gasteiger partial charge in [-0.2, -0.15) is 0 Å². The molecule has 180 valence electrons.